The van der Waals surface area contributed by atoms with E-state index in [-0.39, 0.29) is 48.6 Å². The number of hydrogen-bond acceptors (Lipinski definition) is 6. The molecule has 0 aromatic carbocycles. The molecule has 2 aliphatic rings. The standard InChI is InChI=1S/C34H62O6/c1-5-7-9-11-13-15-17-19-21-29(37-27(3)35)31-23-25-33(39-31)34-26-24-32(40-34)30(38-28(4)36)22-20-18-16-14-12-10-8-6-2/h29-34H,5-26H2,1-4H3/t29-,30-,31-,32-,33-,34-/m1/s1. The second-order valence-corrected chi connectivity index (χ2v) is 12.4. The van der Waals surface area contributed by atoms with E-state index in [2.05, 4.69) is 13.8 Å². The van der Waals surface area contributed by atoms with Crippen LogP contribution in [-0.2, 0) is 28.5 Å². The average molecular weight is 567 g/mol. The largest absolute Gasteiger partial charge is 0.460 e. The van der Waals surface area contributed by atoms with E-state index in [4.69, 9.17) is 18.9 Å². The molecule has 0 amide bonds. The van der Waals surface area contributed by atoms with Gasteiger partial charge in [-0.25, -0.2) is 0 Å². The molecule has 0 radical (unpaired) electrons. The van der Waals surface area contributed by atoms with Gasteiger partial charge in [0.15, 0.2) is 0 Å². The molecule has 2 saturated heterocycles. The van der Waals surface area contributed by atoms with Crippen LogP contribution in [0.5, 0.6) is 0 Å². The molecule has 0 spiro atoms. The minimum Gasteiger partial charge on any atom is -0.460 e. The Morgan fingerprint density at radius 1 is 0.550 bits per heavy atom. The third-order valence-electron chi connectivity index (χ3n) is 8.73. The fourth-order valence-electron chi connectivity index (χ4n) is 6.50. The van der Waals surface area contributed by atoms with E-state index in [0.29, 0.717) is 0 Å². The number of esters is 2. The first kappa shape index (κ1) is 35.1. The van der Waals surface area contributed by atoms with Gasteiger partial charge in [-0.15, -0.1) is 0 Å². The molecule has 234 valence electrons. The highest BCUT2D eigenvalue weighted by Crippen LogP contribution is 2.36. The molecule has 2 heterocycles. The molecule has 6 nitrogen and oxygen atoms in total. The number of hydrogen-bond donors (Lipinski definition) is 0. The molecule has 0 aromatic rings. The van der Waals surface area contributed by atoms with Crippen molar-refractivity contribution in [1.82, 2.24) is 0 Å². The zero-order valence-corrected chi connectivity index (χ0v) is 26.5. The molecule has 40 heavy (non-hydrogen) atoms. The Kier molecular flexibility index (Phi) is 18.9. The summed E-state index contributed by atoms with van der Waals surface area (Å²) in [6, 6.07) is 0. The van der Waals surface area contributed by atoms with Gasteiger partial charge in [0.05, 0.1) is 24.4 Å². The third kappa shape index (κ3) is 14.7. The first-order chi connectivity index (χ1) is 19.4. The molecular weight excluding hydrogens is 504 g/mol. The summed E-state index contributed by atoms with van der Waals surface area (Å²) in [6.07, 6.45) is 25.2. The topological polar surface area (TPSA) is 71.1 Å². The Hall–Kier alpha value is -1.14. The molecule has 2 aliphatic heterocycles. The first-order valence-electron chi connectivity index (χ1n) is 17.1. The molecular formula is C34H62O6. The summed E-state index contributed by atoms with van der Waals surface area (Å²) in [5.74, 6) is -0.446. The van der Waals surface area contributed by atoms with E-state index in [1.165, 1.54) is 104 Å². The molecule has 6 heteroatoms. The van der Waals surface area contributed by atoms with E-state index in [1.807, 2.05) is 0 Å². The SMILES string of the molecule is CCCCCCCCCC[C@@H](OC(C)=O)[C@H]1CC[C@H]([C@H]2CC[C@H]([C@@H](CCCCCCCCCC)OC(C)=O)O2)O1. The highest BCUT2D eigenvalue weighted by Gasteiger charge is 2.42. The van der Waals surface area contributed by atoms with Crippen LogP contribution in [-0.4, -0.2) is 48.6 Å². The normalized spacial score (nSPS) is 24.2. The molecule has 0 unspecified atom stereocenters. The van der Waals surface area contributed by atoms with Crippen molar-refractivity contribution in [3.63, 3.8) is 0 Å². The summed E-state index contributed by atoms with van der Waals surface area (Å²) in [5, 5.41) is 0. The lowest BCUT2D eigenvalue weighted by Gasteiger charge is -2.27. The predicted molar refractivity (Wildman–Crippen MR) is 161 cm³/mol. The van der Waals surface area contributed by atoms with Crippen molar-refractivity contribution in [3.8, 4) is 0 Å². The van der Waals surface area contributed by atoms with Crippen LogP contribution in [0.15, 0.2) is 0 Å². The van der Waals surface area contributed by atoms with E-state index in [9.17, 15) is 9.59 Å². The fourth-order valence-corrected chi connectivity index (χ4v) is 6.50. The molecule has 2 rings (SSSR count). The van der Waals surface area contributed by atoms with Crippen molar-refractivity contribution in [1.29, 1.82) is 0 Å². The summed E-state index contributed by atoms with van der Waals surface area (Å²) in [4.78, 5) is 23.7. The van der Waals surface area contributed by atoms with Gasteiger partial charge < -0.3 is 18.9 Å². The average Bonchev–Trinajstić information content (AvgIpc) is 3.60. The molecule has 0 aliphatic carbocycles. The Labute approximate surface area is 246 Å². The van der Waals surface area contributed by atoms with Crippen LogP contribution in [0.4, 0.5) is 0 Å². The number of ether oxygens (including phenoxy) is 4. The predicted octanol–water partition coefficient (Wildman–Crippen LogP) is 9.01. The second-order valence-electron chi connectivity index (χ2n) is 12.4. The lowest BCUT2D eigenvalue weighted by molar-refractivity contribution is -0.164. The zero-order valence-electron chi connectivity index (χ0n) is 26.5. The number of rotatable bonds is 23. The Morgan fingerprint density at radius 3 is 1.20 bits per heavy atom. The summed E-state index contributed by atoms with van der Waals surface area (Å²) in [6.45, 7) is 7.50. The second kappa shape index (κ2) is 21.5. The van der Waals surface area contributed by atoms with Crippen LogP contribution in [0.1, 0.15) is 169 Å². The maximum Gasteiger partial charge on any atom is 0.302 e. The van der Waals surface area contributed by atoms with Gasteiger partial charge in [-0.2, -0.15) is 0 Å². The summed E-state index contributed by atoms with van der Waals surface area (Å²) in [7, 11) is 0. The lowest BCUT2D eigenvalue weighted by atomic mass is 10.00. The van der Waals surface area contributed by atoms with E-state index >= 15 is 0 Å². The van der Waals surface area contributed by atoms with Crippen LogP contribution >= 0.6 is 0 Å². The minimum absolute atomic E-state index is 0.0210. The smallest absolute Gasteiger partial charge is 0.302 e. The van der Waals surface area contributed by atoms with Crippen LogP contribution < -0.4 is 0 Å². The van der Waals surface area contributed by atoms with Gasteiger partial charge >= 0.3 is 11.9 Å². The number of unbranched alkanes of at least 4 members (excludes halogenated alkanes) is 14. The van der Waals surface area contributed by atoms with E-state index in [0.717, 1.165) is 51.4 Å². The van der Waals surface area contributed by atoms with Crippen molar-refractivity contribution in [3.05, 3.63) is 0 Å². The zero-order chi connectivity index (χ0) is 29.0. The van der Waals surface area contributed by atoms with Gasteiger partial charge in [0, 0.05) is 13.8 Å². The van der Waals surface area contributed by atoms with Gasteiger partial charge in [-0.1, -0.05) is 104 Å². The molecule has 0 aromatic heterocycles. The van der Waals surface area contributed by atoms with E-state index < -0.39 is 0 Å². The fraction of sp³-hybridized carbons (Fsp3) is 0.941. The first-order valence-corrected chi connectivity index (χ1v) is 17.1. The summed E-state index contributed by atoms with van der Waals surface area (Å²) >= 11 is 0. The molecule has 6 atom stereocenters. The lowest BCUT2D eigenvalue weighted by Crippen LogP contribution is -2.35. The monoisotopic (exact) mass is 566 g/mol. The van der Waals surface area contributed by atoms with E-state index in [1.54, 1.807) is 0 Å². The van der Waals surface area contributed by atoms with Crippen molar-refractivity contribution in [2.45, 2.75) is 206 Å². The Balaban J connectivity index is 1.74. The number of carbonyl (C=O) groups excluding carboxylic acids is 2. The highest BCUT2D eigenvalue weighted by molar-refractivity contribution is 5.66. The Morgan fingerprint density at radius 2 is 0.875 bits per heavy atom. The maximum absolute atomic E-state index is 11.8. The Bertz CT molecular complexity index is 611. The summed E-state index contributed by atoms with van der Waals surface area (Å²) < 4.78 is 24.4. The van der Waals surface area contributed by atoms with Gasteiger partial charge in [-0.3, -0.25) is 9.59 Å². The quantitative estimate of drug-likeness (QED) is 0.0908. The maximum atomic E-state index is 11.8. The third-order valence-corrected chi connectivity index (χ3v) is 8.73. The highest BCUT2D eigenvalue weighted by atomic mass is 16.6. The van der Waals surface area contributed by atoms with Gasteiger partial charge in [0.1, 0.15) is 12.2 Å². The van der Waals surface area contributed by atoms with Crippen LogP contribution in [0, 0.1) is 0 Å². The van der Waals surface area contributed by atoms with Crippen molar-refractivity contribution >= 4 is 11.9 Å². The van der Waals surface area contributed by atoms with Gasteiger partial charge in [-0.05, 0) is 51.4 Å². The van der Waals surface area contributed by atoms with Gasteiger partial charge in [0.2, 0.25) is 0 Å². The molecule has 2 fully saturated rings. The van der Waals surface area contributed by atoms with Crippen LogP contribution in [0.3, 0.4) is 0 Å². The minimum atomic E-state index is -0.223. The molecule has 0 saturated carbocycles. The van der Waals surface area contributed by atoms with Crippen molar-refractivity contribution in [2.75, 3.05) is 0 Å². The summed E-state index contributed by atoms with van der Waals surface area (Å²) in [5.41, 5.74) is 0. The number of carbonyl (C=O) groups is 2. The molecule has 0 N–H and O–H groups in total. The van der Waals surface area contributed by atoms with Crippen molar-refractivity contribution in [2.24, 2.45) is 0 Å². The van der Waals surface area contributed by atoms with Crippen LogP contribution in [0.25, 0.3) is 0 Å². The van der Waals surface area contributed by atoms with Crippen molar-refractivity contribution < 1.29 is 28.5 Å². The van der Waals surface area contributed by atoms with Gasteiger partial charge in [0.25, 0.3) is 0 Å². The van der Waals surface area contributed by atoms with Crippen LogP contribution in [0.2, 0.25) is 0 Å². The molecule has 0 bridgehead atoms.